The molecule has 0 aliphatic rings. The van der Waals surface area contributed by atoms with Crippen molar-refractivity contribution >= 4 is 11.9 Å². The number of carbonyl (C=O) groups is 2. The van der Waals surface area contributed by atoms with Crippen molar-refractivity contribution in [3.8, 4) is 0 Å². The van der Waals surface area contributed by atoms with E-state index in [0.29, 0.717) is 19.3 Å². The molecule has 0 radical (unpaired) electrons. The van der Waals surface area contributed by atoms with Crippen molar-refractivity contribution in [2.24, 2.45) is 0 Å². The van der Waals surface area contributed by atoms with Crippen LogP contribution >= 0.6 is 0 Å². The number of aliphatic hydroxyl groups excluding tert-OH is 2. The fraction of sp³-hybridized carbons (Fsp3) is 0.923. The van der Waals surface area contributed by atoms with E-state index in [9.17, 15) is 19.8 Å². The van der Waals surface area contributed by atoms with Crippen LogP contribution in [0.4, 0.5) is 0 Å². The van der Waals surface area contributed by atoms with E-state index in [-0.39, 0.29) is 24.9 Å². The highest BCUT2D eigenvalue weighted by Crippen LogP contribution is 2.18. The number of unbranched alkanes of at least 4 members (excludes halogenated alkanes) is 33. The summed E-state index contributed by atoms with van der Waals surface area (Å²) >= 11 is 0. The molecular weight excluding hydrogens is 719 g/mol. The highest BCUT2D eigenvalue weighted by atomic mass is 16.5. The Bertz CT molecular complexity index is 878. The van der Waals surface area contributed by atoms with Crippen LogP contribution in [-0.2, 0) is 14.3 Å². The van der Waals surface area contributed by atoms with E-state index in [4.69, 9.17) is 4.74 Å². The molecule has 0 heterocycles. The molecule has 0 saturated heterocycles. The van der Waals surface area contributed by atoms with Gasteiger partial charge in [-0.05, 0) is 51.4 Å². The van der Waals surface area contributed by atoms with Crippen molar-refractivity contribution in [3.05, 3.63) is 12.2 Å². The van der Waals surface area contributed by atoms with Gasteiger partial charge in [0.15, 0.2) is 0 Å². The van der Waals surface area contributed by atoms with Crippen LogP contribution in [0.3, 0.4) is 0 Å². The van der Waals surface area contributed by atoms with Crippen LogP contribution in [0.1, 0.15) is 284 Å². The summed E-state index contributed by atoms with van der Waals surface area (Å²) in [6.07, 6.45) is 51.3. The molecule has 1 amide bonds. The highest BCUT2D eigenvalue weighted by molar-refractivity contribution is 5.77. The number of aliphatic hydroxyl groups is 2. The number of amides is 1. The second kappa shape index (κ2) is 46.7. The summed E-state index contributed by atoms with van der Waals surface area (Å²) in [6, 6.07) is -0.696. The first kappa shape index (κ1) is 56.6. The zero-order chi connectivity index (χ0) is 42.4. The lowest BCUT2D eigenvalue weighted by atomic mass is 10.0. The summed E-state index contributed by atoms with van der Waals surface area (Å²) in [4.78, 5) is 26.0. The van der Waals surface area contributed by atoms with Crippen LogP contribution in [0.25, 0.3) is 0 Å². The summed E-state index contributed by atoms with van der Waals surface area (Å²) in [5.74, 6) is -0.470. The minimum atomic E-state index is -0.782. The lowest BCUT2D eigenvalue weighted by molar-refractivity contribution is -0.151. The molecule has 0 aliphatic carbocycles. The molecule has 0 aliphatic heterocycles. The molecule has 0 saturated carbocycles. The molecule has 58 heavy (non-hydrogen) atoms. The van der Waals surface area contributed by atoms with Crippen LogP contribution in [0, 0.1) is 0 Å². The van der Waals surface area contributed by atoms with Gasteiger partial charge in [0.25, 0.3) is 0 Å². The van der Waals surface area contributed by atoms with E-state index in [1.807, 2.05) is 0 Å². The van der Waals surface area contributed by atoms with Gasteiger partial charge >= 0.3 is 5.97 Å². The van der Waals surface area contributed by atoms with Crippen molar-refractivity contribution in [1.29, 1.82) is 0 Å². The van der Waals surface area contributed by atoms with Gasteiger partial charge in [0, 0.05) is 6.42 Å². The number of esters is 1. The van der Waals surface area contributed by atoms with Gasteiger partial charge in [0.1, 0.15) is 6.10 Å². The molecule has 0 bridgehead atoms. The highest BCUT2D eigenvalue weighted by Gasteiger charge is 2.24. The maximum Gasteiger partial charge on any atom is 0.306 e. The van der Waals surface area contributed by atoms with Crippen molar-refractivity contribution < 1.29 is 24.5 Å². The molecule has 0 spiro atoms. The number of carbonyl (C=O) groups excluding carboxylic acids is 2. The number of hydrogen-bond acceptors (Lipinski definition) is 5. The van der Waals surface area contributed by atoms with Gasteiger partial charge in [-0.25, -0.2) is 0 Å². The average Bonchev–Trinajstić information content (AvgIpc) is 3.22. The van der Waals surface area contributed by atoms with Gasteiger partial charge < -0.3 is 20.3 Å². The zero-order valence-electron chi connectivity index (χ0n) is 39.2. The summed E-state index contributed by atoms with van der Waals surface area (Å²) in [7, 11) is 0. The standard InChI is InChI=1S/C52H101NO5/c1-4-7-10-13-16-19-22-24-25-26-27-28-29-32-35-38-41-44-50(55)49(47-54)53-51(56)46-48(43-40-37-34-31-21-18-15-12-9-6-3)58-52(57)45-42-39-36-33-30-23-20-17-14-11-8-5-2/h17,20,48-50,54-55H,4-16,18-19,21-47H2,1-3H3,(H,53,56)/b20-17-. The molecule has 3 N–H and O–H groups in total. The van der Waals surface area contributed by atoms with Crippen molar-refractivity contribution in [2.75, 3.05) is 6.61 Å². The van der Waals surface area contributed by atoms with Gasteiger partial charge in [0.2, 0.25) is 5.91 Å². The molecule has 0 aromatic carbocycles. The van der Waals surface area contributed by atoms with Crippen LogP contribution < -0.4 is 5.32 Å². The van der Waals surface area contributed by atoms with E-state index < -0.39 is 18.2 Å². The van der Waals surface area contributed by atoms with Crippen molar-refractivity contribution in [2.45, 2.75) is 302 Å². The molecule has 3 unspecified atom stereocenters. The normalized spacial score (nSPS) is 13.3. The monoisotopic (exact) mass is 820 g/mol. The van der Waals surface area contributed by atoms with Crippen molar-refractivity contribution in [3.63, 3.8) is 0 Å². The number of rotatable bonds is 47. The molecular formula is C52H101NO5. The molecule has 6 nitrogen and oxygen atoms in total. The lowest BCUT2D eigenvalue weighted by Gasteiger charge is -2.24. The van der Waals surface area contributed by atoms with Gasteiger partial charge in [-0.1, -0.05) is 232 Å². The van der Waals surface area contributed by atoms with E-state index in [0.717, 1.165) is 51.4 Å². The molecule has 3 atom stereocenters. The Labute approximate surface area is 361 Å². The predicted octanol–water partition coefficient (Wildman–Crippen LogP) is 15.3. The zero-order valence-corrected chi connectivity index (χ0v) is 39.2. The third kappa shape index (κ3) is 41.3. The number of hydrogen-bond donors (Lipinski definition) is 3. The summed E-state index contributed by atoms with van der Waals surface area (Å²) in [6.45, 7) is 6.47. The molecule has 0 fully saturated rings. The Morgan fingerprint density at radius 1 is 0.483 bits per heavy atom. The lowest BCUT2D eigenvalue weighted by Crippen LogP contribution is -2.46. The Morgan fingerprint density at radius 2 is 0.828 bits per heavy atom. The summed E-state index contributed by atoms with van der Waals surface area (Å²) < 4.78 is 5.91. The fourth-order valence-corrected chi connectivity index (χ4v) is 8.13. The Kier molecular flexibility index (Phi) is 45.5. The first-order valence-electron chi connectivity index (χ1n) is 25.9. The maximum atomic E-state index is 13.2. The maximum absolute atomic E-state index is 13.2. The average molecular weight is 820 g/mol. The number of nitrogens with one attached hydrogen (secondary N) is 1. The smallest absolute Gasteiger partial charge is 0.306 e. The third-order valence-corrected chi connectivity index (χ3v) is 12.1. The van der Waals surface area contributed by atoms with E-state index in [1.54, 1.807) is 0 Å². The van der Waals surface area contributed by atoms with Crippen molar-refractivity contribution in [1.82, 2.24) is 5.32 Å². The number of allylic oxidation sites excluding steroid dienone is 2. The fourth-order valence-electron chi connectivity index (χ4n) is 8.13. The second-order valence-corrected chi connectivity index (χ2v) is 17.9. The van der Waals surface area contributed by atoms with E-state index in [1.165, 1.54) is 186 Å². The molecule has 6 heteroatoms. The van der Waals surface area contributed by atoms with Crippen LogP contribution in [0.15, 0.2) is 12.2 Å². The molecule has 344 valence electrons. The predicted molar refractivity (Wildman–Crippen MR) is 250 cm³/mol. The Balaban J connectivity index is 4.42. The SMILES string of the molecule is CCCCC/C=C\CCCCCCCC(=O)OC(CCCCCCCCCCCC)CC(=O)NC(CO)C(O)CCCCCCCCCCCCCCCCCCC. The van der Waals surface area contributed by atoms with Gasteiger partial charge in [-0.2, -0.15) is 0 Å². The Morgan fingerprint density at radius 3 is 1.26 bits per heavy atom. The quantitative estimate of drug-likeness (QED) is 0.0323. The van der Waals surface area contributed by atoms with Gasteiger partial charge in [-0.3, -0.25) is 9.59 Å². The van der Waals surface area contributed by atoms with Crippen LogP contribution in [-0.4, -0.2) is 46.9 Å². The largest absolute Gasteiger partial charge is 0.462 e. The van der Waals surface area contributed by atoms with Crippen LogP contribution in [0.5, 0.6) is 0 Å². The third-order valence-electron chi connectivity index (χ3n) is 12.1. The topological polar surface area (TPSA) is 95.9 Å². The summed E-state index contributed by atoms with van der Waals surface area (Å²) in [5, 5.41) is 23.8. The van der Waals surface area contributed by atoms with Crippen LogP contribution in [0.2, 0.25) is 0 Å². The minimum absolute atomic E-state index is 0.0808. The van der Waals surface area contributed by atoms with E-state index in [2.05, 4.69) is 38.2 Å². The minimum Gasteiger partial charge on any atom is -0.462 e. The molecule has 0 aromatic heterocycles. The molecule has 0 rings (SSSR count). The summed E-state index contributed by atoms with van der Waals surface area (Å²) in [5.41, 5.74) is 0. The molecule has 0 aromatic rings. The first-order valence-corrected chi connectivity index (χ1v) is 25.9. The first-order chi connectivity index (χ1) is 28.5. The second-order valence-electron chi connectivity index (χ2n) is 17.9. The van der Waals surface area contributed by atoms with Gasteiger partial charge in [-0.15, -0.1) is 0 Å². The van der Waals surface area contributed by atoms with Gasteiger partial charge in [0.05, 0.1) is 25.2 Å². The Hall–Kier alpha value is -1.40. The van der Waals surface area contributed by atoms with E-state index >= 15 is 0 Å². The number of ether oxygens (including phenoxy) is 1.